The lowest BCUT2D eigenvalue weighted by Gasteiger charge is -2.09. The molecule has 0 unspecified atom stereocenters. The maximum atomic E-state index is 12.4. The predicted octanol–water partition coefficient (Wildman–Crippen LogP) is 4.88. The fourth-order valence-electron chi connectivity index (χ4n) is 3.40. The number of primary amides is 1. The number of carbonyl (C=O) groups is 1. The molecule has 0 aliphatic rings. The second kappa shape index (κ2) is 7.50. The fourth-order valence-corrected chi connectivity index (χ4v) is 4.63. The molecule has 4 aromatic rings. The van der Waals surface area contributed by atoms with E-state index in [0.29, 0.717) is 20.8 Å². The third kappa shape index (κ3) is 3.34. The van der Waals surface area contributed by atoms with Crippen LogP contribution in [0.5, 0.6) is 0 Å². The Hall–Kier alpha value is -3.89. The summed E-state index contributed by atoms with van der Waals surface area (Å²) in [5, 5.41) is 13.6. The smallest absolute Gasteiger partial charge is 0.253 e. The van der Waals surface area contributed by atoms with Crippen molar-refractivity contribution < 1.29 is 4.79 Å². The van der Waals surface area contributed by atoms with Gasteiger partial charge in [0, 0.05) is 11.3 Å². The Labute approximate surface area is 177 Å². The lowest BCUT2D eigenvalue weighted by atomic mass is 9.99. The number of anilines is 3. The minimum absolute atomic E-state index is 0.0722. The number of thiophene rings is 1. The highest BCUT2D eigenvalue weighted by molar-refractivity contribution is 7.24. The average Bonchev–Trinajstić information content (AvgIpc) is 3.05. The number of aryl methyl sites for hydroxylation is 2. The van der Waals surface area contributed by atoms with Crippen LogP contribution in [-0.4, -0.2) is 10.9 Å². The summed E-state index contributed by atoms with van der Waals surface area (Å²) in [4.78, 5) is 16.7. The molecule has 0 saturated carbocycles. The summed E-state index contributed by atoms with van der Waals surface area (Å²) in [6.07, 6.45) is 0. The summed E-state index contributed by atoms with van der Waals surface area (Å²) in [7, 11) is 0. The first-order chi connectivity index (χ1) is 14.4. The molecule has 0 fully saturated rings. The van der Waals surface area contributed by atoms with Gasteiger partial charge in [0.05, 0.1) is 10.2 Å². The minimum atomic E-state index is -0.608. The van der Waals surface area contributed by atoms with Gasteiger partial charge in [-0.3, -0.25) is 4.79 Å². The molecule has 0 saturated heterocycles. The summed E-state index contributed by atoms with van der Waals surface area (Å²) in [6, 6.07) is 17.8. The SMILES string of the molecule is Cc1ccc(-c2c(C#N)c(N)nc3c(C(N)=O)c(Nc4cccc(C)c4)sc23)cc1. The molecule has 5 N–H and O–H groups in total. The molecule has 2 aromatic heterocycles. The van der Waals surface area contributed by atoms with Crippen molar-refractivity contribution in [2.75, 3.05) is 11.1 Å². The van der Waals surface area contributed by atoms with Crippen molar-refractivity contribution in [2.45, 2.75) is 13.8 Å². The fraction of sp³-hybridized carbons (Fsp3) is 0.0870. The van der Waals surface area contributed by atoms with Gasteiger partial charge in [-0.2, -0.15) is 5.26 Å². The number of nitriles is 1. The molecule has 0 bridgehead atoms. The van der Waals surface area contributed by atoms with Crippen molar-refractivity contribution in [1.82, 2.24) is 4.98 Å². The molecule has 0 aliphatic heterocycles. The molecule has 7 heteroatoms. The Balaban J connectivity index is 2.02. The lowest BCUT2D eigenvalue weighted by Crippen LogP contribution is -2.13. The van der Waals surface area contributed by atoms with Gasteiger partial charge in [0.25, 0.3) is 5.91 Å². The maximum Gasteiger partial charge on any atom is 0.253 e. The van der Waals surface area contributed by atoms with Gasteiger partial charge in [-0.15, -0.1) is 11.3 Å². The molecule has 1 amide bonds. The van der Waals surface area contributed by atoms with E-state index in [1.54, 1.807) is 0 Å². The Kier molecular flexibility index (Phi) is 4.86. The van der Waals surface area contributed by atoms with E-state index in [0.717, 1.165) is 22.4 Å². The molecule has 2 aromatic carbocycles. The number of nitrogens with zero attached hydrogens (tertiary/aromatic N) is 2. The molecular weight excluding hydrogens is 394 g/mol. The maximum absolute atomic E-state index is 12.4. The molecule has 0 spiro atoms. The lowest BCUT2D eigenvalue weighted by molar-refractivity contribution is 0.100. The topological polar surface area (TPSA) is 118 Å². The van der Waals surface area contributed by atoms with Crippen LogP contribution in [0.25, 0.3) is 21.3 Å². The zero-order valence-electron chi connectivity index (χ0n) is 16.5. The van der Waals surface area contributed by atoms with Crippen molar-refractivity contribution in [3.05, 3.63) is 70.8 Å². The Bertz CT molecular complexity index is 1330. The number of rotatable bonds is 4. The van der Waals surface area contributed by atoms with Crippen LogP contribution < -0.4 is 16.8 Å². The number of hydrogen-bond acceptors (Lipinski definition) is 6. The molecule has 2 heterocycles. The third-order valence-corrected chi connectivity index (χ3v) is 5.93. The van der Waals surface area contributed by atoms with Crippen LogP contribution in [0.4, 0.5) is 16.5 Å². The monoisotopic (exact) mass is 413 g/mol. The summed E-state index contributed by atoms with van der Waals surface area (Å²) >= 11 is 1.34. The number of nitrogen functional groups attached to an aromatic ring is 1. The normalized spacial score (nSPS) is 10.7. The van der Waals surface area contributed by atoms with Crippen LogP contribution in [0, 0.1) is 25.2 Å². The zero-order valence-corrected chi connectivity index (χ0v) is 17.3. The van der Waals surface area contributed by atoms with Crippen molar-refractivity contribution in [3.63, 3.8) is 0 Å². The summed E-state index contributed by atoms with van der Waals surface area (Å²) < 4.78 is 0.688. The number of pyridine rings is 1. The van der Waals surface area contributed by atoms with Crippen LogP contribution in [0.3, 0.4) is 0 Å². The highest BCUT2D eigenvalue weighted by Gasteiger charge is 2.25. The first-order valence-electron chi connectivity index (χ1n) is 9.25. The average molecular weight is 414 g/mol. The number of benzene rings is 2. The third-order valence-electron chi connectivity index (χ3n) is 4.82. The number of carbonyl (C=O) groups excluding carboxylic acids is 1. The highest BCUT2D eigenvalue weighted by atomic mass is 32.1. The Morgan fingerprint density at radius 1 is 1.13 bits per heavy atom. The number of hydrogen-bond donors (Lipinski definition) is 3. The Morgan fingerprint density at radius 2 is 1.87 bits per heavy atom. The summed E-state index contributed by atoms with van der Waals surface area (Å²) in [5.41, 5.74) is 17.3. The summed E-state index contributed by atoms with van der Waals surface area (Å²) in [6.45, 7) is 3.98. The van der Waals surface area contributed by atoms with E-state index in [4.69, 9.17) is 11.5 Å². The van der Waals surface area contributed by atoms with E-state index >= 15 is 0 Å². The van der Waals surface area contributed by atoms with E-state index in [1.165, 1.54) is 11.3 Å². The van der Waals surface area contributed by atoms with E-state index in [2.05, 4.69) is 16.4 Å². The molecule has 4 rings (SSSR count). The number of amides is 1. The largest absolute Gasteiger partial charge is 0.383 e. The molecule has 148 valence electrons. The standard InChI is InChI=1S/C23H19N5OS/c1-12-6-8-14(9-7-12)17-16(11-24)21(25)28-19-18(22(26)29)23(30-20(17)19)27-15-5-3-4-13(2)10-15/h3-10,27H,1-2H3,(H2,25,28)(H2,26,29). The first kappa shape index (κ1) is 19.4. The van der Waals surface area contributed by atoms with Gasteiger partial charge in [-0.05, 0) is 37.1 Å². The van der Waals surface area contributed by atoms with Crippen LogP contribution >= 0.6 is 11.3 Å². The second-order valence-corrected chi connectivity index (χ2v) is 8.09. The van der Waals surface area contributed by atoms with Crippen LogP contribution in [-0.2, 0) is 0 Å². The van der Waals surface area contributed by atoms with Crippen LogP contribution in [0.1, 0.15) is 27.0 Å². The molecule has 30 heavy (non-hydrogen) atoms. The summed E-state index contributed by atoms with van der Waals surface area (Å²) in [5.74, 6) is -0.536. The first-order valence-corrected chi connectivity index (χ1v) is 10.1. The van der Waals surface area contributed by atoms with Crippen molar-refractivity contribution >= 4 is 44.0 Å². The molecule has 0 atom stereocenters. The van der Waals surface area contributed by atoms with Gasteiger partial charge >= 0.3 is 0 Å². The predicted molar refractivity (Wildman–Crippen MR) is 122 cm³/mol. The number of aromatic nitrogens is 1. The Morgan fingerprint density at radius 3 is 2.50 bits per heavy atom. The minimum Gasteiger partial charge on any atom is -0.383 e. The van der Waals surface area contributed by atoms with E-state index in [1.807, 2.05) is 62.4 Å². The van der Waals surface area contributed by atoms with Crippen molar-refractivity contribution in [1.29, 1.82) is 5.26 Å². The van der Waals surface area contributed by atoms with Crippen LogP contribution in [0.2, 0.25) is 0 Å². The molecule has 0 aliphatic carbocycles. The molecular formula is C23H19N5OS. The van der Waals surface area contributed by atoms with Crippen molar-refractivity contribution in [3.8, 4) is 17.2 Å². The molecule has 6 nitrogen and oxygen atoms in total. The van der Waals surface area contributed by atoms with Gasteiger partial charge in [-0.1, -0.05) is 42.0 Å². The van der Waals surface area contributed by atoms with E-state index in [9.17, 15) is 10.1 Å². The highest BCUT2D eigenvalue weighted by Crippen LogP contribution is 2.44. The van der Waals surface area contributed by atoms with Crippen molar-refractivity contribution in [2.24, 2.45) is 5.73 Å². The van der Waals surface area contributed by atoms with Gasteiger partial charge in [0.2, 0.25) is 0 Å². The van der Waals surface area contributed by atoms with E-state index in [-0.39, 0.29) is 16.9 Å². The van der Waals surface area contributed by atoms with E-state index < -0.39 is 5.91 Å². The second-order valence-electron chi connectivity index (χ2n) is 7.07. The quantitative estimate of drug-likeness (QED) is 0.441. The number of fused-ring (bicyclic) bond motifs is 1. The van der Waals surface area contributed by atoms with Gasteiger partial charge in [-0.25, -0.2) is 4.98 Å². The van der Waals surface area contributed by atoms with Gasteiger partial charge in [0.15, 0.2) is 0 Å². The molecule has 0 radical (unpaired) electrons. The van der Waals surface area contributed by atoms with Gasteiger partial charge < -0.3 is 16.8 Å². The number of nitrogens with two attached hydrogens (primary N) is 2. The van der Waals surface area contributed by atoms with Gasteiger partial charge in [0.1, 0.15) is 28.0 Å². The van der Waals surface area contributed by atoms with Crippen LogP contribution in [0.15, 0.2) is 48.5 Å². The zero-order chi connectivity index (χ0) is 21.4. The number of nitrogens with one attached hydrogen (secondary N) is 1.